The molecule has 0 spiro atoms. The van der Waals surface area contributed by atoms with Gasteiger partial charge < -0.3 is 9.84 Å². The van der Waals surface area contributed by atoms with Crippen molar-refractivity contribution >= 4 is 5.97 Å². The molecule has 4 aliphatic rings. The molecule has 0 heterocycles. The molecular formula is C22H34O3. The van der Waals surface area contributed by atoms with Crippen molar-refractivity contribution in [3.05, 3.63) is 12.2 Å². The Morgan fingerprint density at radius 1 is 1.08 bits per heavy atom. The molecule has 0 unspecified atom stereocenters. The van der Waals surface area contributed by atoms with Crippen LogP contribution in [0.15, 0.2) is 12.2 Å². The summed E-state index contributed by atoms with van der Waals surface area (Å²) in [5.74, 6) is 2.57. The van der Waals surface area contributed by atoms with Crippen molar-refractivity contribution in [1.82, 2.24) is 0 Å². The quantitative estimate of drug-likeness (QED) is 0.562. The fourth-order valence-electron chi connectivity index (χ4n) is 7.32. The van der Waals surface area contributed by atoms with E-state index in [1.807, 2.05) is 0 Å². The van der Waals surface area contributed by atoms with Gasteiger partial charge in [-0.05, 0) is 92.4 Å². The lowest BCUT2D eigenvalue weighted by Gasteiger charge is -2.60. The molecule has 3 fully saturated rings. The summed E-state index contributed by atoms with van der Waals surface area (Å²) in [7, 11) is 0. The molecule has 3 nitrogen and oxygen atoms in total. The molecule has 0 saturated heterocycles. The molecule has 3 saturated carbocycles. The second-order valence-electron chi connectivity index (χ2n) is 10.0. The summed E-state index contributed by atoms with van der Waals surface area (Å²) >= 11 is 0. The molecule has 8 atom stereocenters. The Balaban J connectivity index is 1.60. The van der Waals surface area contributed by atoms with Crippen LogP contribution in [-0.2, 0) is 9.53 Å². The van der Waals surface area contributed by atoms with Crippen LogP contribution in [0.25, 0.3) is 0 Å². The summed E-state index contributed by atoms with van der Waals surface area (Å²) in [6.45, 7) is 8.38. The Labute approximate surface area is 152 Å². The van der Waals surface area contributed by atoms with E-state index >= 15 is 0 Å². The van der Waals surface area contributed by atoms with Gasteiger partial charge in [0, 0.05) is 6.92 Å². The van der Waals surface area contributed by atoms with E-state index in [1.165, 1.54) is 32.6 Å². The molecule has 140 valence electrons. The van der Waals surface area contributed by atoms with E-state index in [0.29, 0.717) is 17.8 Å². The van der Waals surface area contributed by atoms with Gasteiger partial charge >= 0.3 is 5.97 Å². The lowest BCUT2D eigenvalue weighted by atomic mass is 9.45. The summed E-state index contributed by atoms with van der Waals surface area (Å²) < 4.78 is 5.48. The van der Waals surface area contributed by atoms with Gasteiger partial charge in [-0.3, -0.25) is 4.79 Å². The highest BCUT2D eigenvalue weighted by Crippen LogP contribution is 2.67. The van der Waals surface area contributed by atoms with Gasteiger partial charge in [-0.25, -0.2) is 0 Å². The summed E-state index contributed by atoms with van der Waals surface area (Å²) in [5.41, 5.74) is -0.172. The van der Waals surface area contributed by atoms with Gasteiger partial charge in [-0.1, -0.05) is 19.9 Å². The van der Waals surface area contributed by atoms with Crippen molar-refractivity contribution in [3.63, 3.8) is 0 Å². The lowest BCUT2D eigenvalue weighted by Crippen LogP contribution is -2.55. The fourth-order valence-corrected chi connectivity index (χ4v) is 7.32. The molecular weight excluding hydrogens is 312 g/mol. The number of rotatable bonds is 1. The summed E-state index contributed by atoms with van der Waals surface area (Å²) in [5, 5.41) is 11.0. The van der Waals surface area contributed by atoms with Gasteiger partial charge in [0.15, 0.2) is 0 Å². The maximum absolute atomic E-state index is 11.3. The Bertz CT molecular complexity index is 594. The van der Waals surface area contributed by atoms with E-state index in [4.69, 9.17) is 4.74 Å². The van der Waals surface area contributed by atoms with E-state index in [1.54, 1.807) is 0 Å². The zero-order valence-corrected chi connectivity index (χ0v) is 16.3. The molecule has 0 radical (unpaired) electrons. The van der Waals surface area contributed by atoms with Crippen LogP contribution in [0.3, 0.4) is 0 Å². The highest BCUT2D eigenvalue weighted by Gasteiger charge is 2.62. The zero-order valence-electron chi connectivity index (χ0n) is 16.3. The molecule has 25 heavy (non-hydrogen) atoms. The fraction of sp³-hybridized carbons (Fsp3) is 0.864. The molecule has 0 bridgehead atoms. The maximum Gasteiger partial charge on any atom is 0.303 e. The minimum atomic E-state index is -0.497. The Hall–Kier alpha value is -0.830. The van der Waals surface area contributed by atoms with Crippen LogP contribution in [0.2, 0.25) is 0 Å². The molecule has 0 aromatic carbocycles. The lowest BCUT2D eigenvalue weighted by molar-refractivity contribution is -0.149. The van der Waals surface area contributed by atoms with E-state index < -0.39 is 5.60 Å². The molecule has 3 heteroatoms. The topological polar surface area (TPSA) is 46.5 Å². The number of carbonyl (C=O) groups excluding carboxylic acids is 1. The number of hydrogen-bond donors (Lipinski definition) is 1. The van der Waals surface area contributed by atoms with Gasteiger partial charge in [0.2, 0.25) is 0 Å². The van der Waals surface area contributed by atoms with Crippen LogP contribution in [0.4, 0.5) is 0 Å². The SMILES string of the molecule is CC(=O)O[C@H]1C=C[C@@]2(C)[C@@H](CC[C@@H]3[C@@H]2CC[C@@]2(C)[C@H]3CC[C@@]2(C)O)C1. The number of ether oxygens (including phenoxy) is 1. The maximum atomic E-state index is 11.3. The van der Waals surface area contributed by atoms with Crippen LogP contribution in [-0.4, -0.2) is 22.8 Å². The average molecular weight is 347 g/mol. The predicted molar refractivity (Wildman–Crippen MR) is 97.8 cm³/mol. The number of hydrogen-bond acceptors (Lipinski definition) is 3. The molecule has 1 N–H and O–H groups in total. The molecule has 4 aliphatic carbocycles. The van der Waals surface area contributed by atoms with Crippen LogP contribution in [0, 0.1) is 34.5 Å². The first kappa shape index (κ1) is 17.6. The third-order valence-corrected chi connectivity index (χ3v) is 9.03. The average Bonchev–Trinajstić information content (AvgIpc) is 2.77. The van der Waals surface area contributed by atoms with Crippen LogP contribution in [0.5, 0.6) is 0 Å². The first-order valence-electron chi connectivity index (χ1n) is 10.3. The third-order valence-electron chi connectivity index (χ3n) is 9.03. The standard InChI is InChI=1S/C22H34O3/c1-14(23)25-16-7-10-20(2)15(13-16)5-6-17-18(20)8-11-21(3)19(17)9-12-22(21,4)24/h7,10,15-19,24H,5-6,8-9,11-13H2,1-4H3/t15-,16-,17+,18-,19-,20-,21-,22+/m0/s1. The Morgan fingerprint density at radius 2 is 1.80 bits per heavy atom. The van der Waals surface area contributed by atoms with Crippen LogP contribution >= 0.6 is 0 Å². The minimum absolute atomic E-state index is 0.0341. The normalized spacial score (nSPS) is 54.4. The number of carbonyl (C=O) groups is 1. The summed E-state index contributed by atoms with van der Waals surface area (Å²) in [4.78, 5) is 11.3. The van der Waals surface area contributed by atoms with Gasteiger partial charge in [-0.2, -0.15) is 0 Å². The second-order valence-corrected chi connectivity index (χ2v) is 10.0. The third kappa shape index (κ3) is 2.44. The smallest absolute Gasteiger partial charge is 0.303 e. The van der Waals surface area contributed by atoms with E-state index in [2.05, 4.69) is 32.9 Å². The Morgan fingerprint density at radius 3 is 2.52 bits per heavy atom. The highest BCUT2D eigenvalue weighted by atomic mass is 16.5. The van der Waals surface area contributed by atoms with Crippen molar-refractivity contribution in [3.8, 4) is 0 Å². The van der Waals surface area contributed by atoms with Crippen molar-refractivity contribution in [2.75, 3.05) is 0 Å². The van der Waals surface area contributed by atoms with Crippen molar-refractivity contribution in [2.24, 2.45) is 34.5 Å². The van der Waals surface area contributed by atoms with E-state index in [0.717, 1.165) is 25.2 Å². The first-order chi connectivity index (χ1) is 11.7. The minimum Gasteiger partial charge on any atom is -0.458 e. The van der Waals surface area contributed by atoms with Gasteiger partial charge in [0.05, 0.1) is 5.60 Å². The van der Waals surface area contributed by atoms with Crippen LogP contribution in [0.1, 0.15) is 72.6 Å². The van der Waals surface area contributed by atoms with E-state index in [9.17, 15) is 9.90 Å². The molecule has 0 aliphatic heterocycles. The molecule has 0 amide bonds. The molecule has 4 rings (SSSR count). The predicted octanol–water partition coefficient (Wildman–Crippen LogP) is 4.49. The van der Waals surface area contributed by atoms with Gasteiger partial charge in [-0.15, -0.1) is 0 Å². The zero-order chi connectivity index (χ0) is 18.0. The van der Waals surface area contributed by atoms with Crippen molar-refractivity contribution in [1.29, 1.82) is 0 Å². The largest absolute Gasteiger partial charge is 0.458 e. The van der Waals surface area contributed by atoms with Crippen molar-refractivity contribution in [2.45, 2.75) is 84.3 Å². The number of esters is 1. The monoisotopic (exact) mass is 346 g/mol. The van der Waals surface area contributed by atoms with E-state index in [-0.39, 0.29) is 22.9 Å². The van der Waals surface area contributed by atoms with Crippen LogP contribution < -0.4 is 0 Å². The summed E-state index contributed by atoms with van der Waals surface area (Å²) in [6.07, 6.45) is 12.5. The molecule has 0 aromatic rings. The number of aliphatic hydroxyl groups is 1. The Kier molecular flexibility index (Phi) is 3.92. The second kappa shape index (κ2) is 5.58. The van der Waals surface area contributed by atoms with Gasteiger partial charge in [0.1, 0.15) is 6.10 Å². The van der Waals surface area contributed by atoms with Gasteiger partial charge in [0.25, 0.3) is 0 Å². The number of fused-ring (bicyclic) bond motifs is 5. The van der Waals surface area contributed by atoms with Crippen molar-refractivity contribution < 1.29 is 14.6 Å². The summed E-state index contributed by atoms with van der Waals surface area (Å²) in [6, 6.07) is 0. The first-order valence-corrected chi connectivity index (χ1v) is 10.3. The number of allylic oxidation sites excluding steroid dienone is 1. The highest BCUT2D eigenvalue weighted by molar-refractivity contribution is 5.66. The molecule has 0 aromatic heterocycles.